The fourth-order valence-corrected chi connectivity index (χ4v) is 0.791. The average Bonchev–Trinajstić information content (AvgIpc) is 2.94. The maximum atomic E-state index is 7.50. The number of aryl methyl sites for hydroxylation is 1. The summed E-state index contributed by atoms with van der Waals surface area (Å²) in [5, 5.41) is 0. The summed E-state index contributed by atoms with van der Waals surface area (Å²) in [5.74, 6) is 0. The first kappa shape index (κ1) is 21.5. The molecular formula is C14H12FeO2+. The fourth-order valence-electron chi connectivity index (χ4n) is 0.791. The molecule has 0 unspecified atom stereocenters. The Bertz CT molecular complexity index is 250. The topological polar surface area (TPSA) is 39.8 Å². The monoisotopic (exact) mass is 268 g/mol. The van der Waals surface area contributed by atoms with Gasteiger partial charge < -0.3 is 0 Å². The molecule has 17 heavy (non-hydrogen) atoms. The van der Waals surface area contributed by atoms with Crippen LogP contribution in [-0.4, -0.2) is 0 Å². The van der Waals surface area contributed by atoms with Crippen molar-refractivity contribution in [3.05, 3.63) is 81.3 Å². The Morgan fingerprint density at radius 3 is 1.29 bits per heavy atom. The molecule has 0 N–H and O–H groups in total. The van der Waals surface area contributed by atoms with Crippen molar-refractivity contribution in [2.75, 3.05) is 0 Å². The van der Waals surface area contributed by atoms with Crippen LogP contribution in [0.25, 0.3) is 0 Å². The Hall–Kier alpha value is -0.781. The van der Waals surface area contributed by atoms with E-state index >= 15 is 0 Å². The van der Waals surface area contributed by atoms with Gasteiger partial charge in [-0.15, -0.1) is 0 Å². The molecule has 1 fully saturated rings. The van der Waals surface area contributed by atoms with E-state index in [-0.39, 0.29) is 17.1 Å². The zero-order chi connectivity index (χ0) is 12.6. The van der Waals surface area contributed by atoms with Gasteiger partial charge in [0.25, 0.3) is 0 Å². The molecule has 0 aliphatic heterocycles. The van der Waals surface area contributed by atoms with Gasteiger partial charge in [0, 0.05) is 0 Å². The molecule has 0 bridgehead atoms. The van der Waals surface area contributed by atoms with Crippen molar-refractivity contribution in [2.45, 2.75) is 6.92 Å². The van der Waals surface area contributed by atoms with Crippen molar-refractivity contribution in [2.24, 2.45) is 0 Å². The third-order valence-electron chi connectivity index (χ3n) is 1.44. The van der Waals surface area contributed by atoms with Gasteiger partial charge in [-0.3, -0.25) is 0 Å². The fraction of sp³-hybridized carbons (Fsp3) is 0.0714. The molecule has 0 heterocycles. The van der Waals surface area contributed by atoms with Crippen LogP contribution in [0.15, 0.2) is 24.3 Å². The minimum absolute atomic E-state index is 0. The minimum Gasteiger partial charge on any atom is -0.0312 e. The zero-order valence-corrected chi connectivity index (χ0v) is 10.5. The molecule has 1 aromatic carbocycles. The first-order valence-electron chi connectivity index (χ1n) is 4.40. The van der Waals surface area contributed by atoms with Crippen LogP contribution in [0.4, 0.5) is 0 Å². The summed E-state index contributed by atoms with van der Waals surface area (Å²) in [7, 11) is 0. The van der Waals surface area contributed by atoms with Gasteiger partial charge in [0.05, 0.1) is 0 Å². The summed E-state index contributed by atoms with van der Waals surface area (Å²) in [6.45, 7) is 11.1. The summed E-state index contributed by atoms with van der Waals surface area (Å²) in [4.78, 5) is 0. The van der Waals surface area contributed by atoms with E-state index in [1.54, 1.807) is 0 Å². The molecule has 2 nitrogen and oxygen atoms in total. The average molecular weight is 268 g/mol. The second kappa shape index (κ2) is 20.6. The first-order chi connectivity index (χ1) is 7.89. The minimum atomic E-state index is 0. The number of rotatable bonds is 0. The van der Waals surface area contributed by atoms with Crippen molar-refractivity contribution in [3.63, 3.8) is 0 Å². The quantitative estimate of drug-likeness (QED) is 0.394. The van der Waals surface area contributed by atoms with Gasteiger partial charge in [-0.25, -0.2) is 0 Å². The molecule has 3 heteroatoms. The molecule has 0 saturated heterocycles. The van der Waals surface area contributed by atoms with E-state index in [2.05, 4.69) is 26.3 Å². The number of hydrogen-bond donors (Lipinski definition) is 0. The maximum absolute atomic E-state index is 7.50. The SMILES string of the molecule is Cc1cc[c-]cc1.[C-]#[O+].[C-]#[O+].[CH]1[CH][CH][CH][CH]1.[Fe+2]. The molecule has 0 atom stereocenters. The third kappa shape index (κ3) is 17.8. The van der Waals surface area contributed by atoms with Gasteiger partial charge in [-0.1, -0.05) is 6.92 Å². The van der Waals surface area contributed by atoms with Crippen LogP contribution in [0.5, 0.6) is 0 Å². The third-order valence-corrected chi connectivity index (χ3v) is 1.44. The summed E-state index contributed by atoms with van der Waals surface area (Å²) in [6, 6.07) is 10.8. The van der Waals surface area contributed by atoms with E-state index in [1.807, 2.05) is 56.4 Å². The molecular weight excluding hydrogens is 256 g/mol. The van der Waals surface area contributed by atoms with Crippen molar-refractivity contribution < 1.29 is 26.4 Å². The van der Waals surface area contributed by atoms with E-state index in [0.717, 1.165) is 0 Å². The van der Waals surface area contributed by atoms with Crippen LogP contribution in [0.2, 0.25) is 0 Å². The summed E-state index contributed by atoms with van der Waals surface area (Å²) in [5.41, 5.74) is 1.29. The van der Waals surface area contributed by atoms with Crippen molar-refractivity contribution in [1.29, 1.82) is 0 Å². The zero-order valence-electron chi connectivity index (χ0n) is 9.37. The van der Waals surface area contributed by atoms with E-state index < -0.39 is 0 Å². The molecule has 1 aromatic rings. The Balaban J connectivity index is -0.000000175. The Morgan fingerprint density at radius 2 is 1.12 bits per heavy atom. The molecule has 5 radical (unpaired) electrons. The van der Waals surface area contributed by atoms with Gasteiger partial charge in [-0.2, -0.15) is 35.9 Å². The van der Waals surface area contributed by atoms with E-state index in [0.29, 0.717) is 0 Å². The predicted octanol–water partition coefficient (Wildman–Crippen LogP) is 2.74. The smallest absolute Gasteiger partial charge is 0.0312 e. The predicted molar refractivity (Wildman–Crippen MR) is 59.4 cm³/mol. The molecule has 1 aliphatic carbocycles. The van der Waals surface area contributed by atoms with Gasteiger partial charge in [0.2, 0.25) is 0 Å². The molecule has 0 spiro atoms. The van der Waals surface area contributed by atoms with Crippen molar-refractivity contribution >= 4 is 0 Å². The Labute approximate surface area is 115 Å². The van der Waals surface area contributed by atoms with Crippen LogP contribution in [0, 0.1) is 58.4 Å². The van der Waals surface area contributed by atoms with Crippen LogP contribution in [-0.2, 0) is 26.4 Å². The summed E-state index contributed by atoms with van der Waals surface area (Å²) in [6.07, 6.45) is 10.0. The van der Waals surface area contributed by atoms with Crippen LogP contribution >= 0.6 is 0 Å². The van der Waals surface area contributed by atoms with Crippen molar-refractivity contribution in [3.8, 4) is 0 Å². The molecule has 2 rings (SSSR count). The van der Waals surface area contributed by atoms with Gasteiger partial charge >= 0.3 is 39.7 Å². The van der Waals surface area contributed by atoms with Crippen molar-refractivity contribution in [1.82, 2.24) is 0 Å². The van der Waals surface area contributed by atoms with Crippen LogP contribution < -0.4 is 0 Å². The van der Waals surface area contributed by atoms with E-state index in [4.69, 9.17) is 9.30 Å². The molecule has 0 amide bonds. The van der Waals surface area contributed by atoms with Gasteiger partial charge in [0.1, 0.15) is 0 Å². The first-order valence-corrected chi connectivity index (χ1v) is 4.40. The molecule has 1 aliphatic rings. The maximum Gasteiger partial charge on any atom is 2.00 e. The van der Waals surface area contributed by atoms with E-state index in [9.17, 15) is 0 Å². The van der Waals surface area contributed by atoms with Crippen LogP contribution in [0.3, 0.4) is 0 Å². The normalized spacial score (nSPS) is 10.9. The summed E-state index contributed by atoms with van der Waals surface area (Å²) >= 11 is 0. The van der Waals surface area contributed by atoms with Gasteiger partial charge in [-0.05, 0) is 32.1 Å². The van der Waals surface area contributed by atoms with Crippen LogP contribution in [0.1, 0.15) is 5.56 Å². The van der Waals surface area contributed by atoms with E-state index in [1.165, 1.54) is 5.56 Å². The second-order valence-electron chi connectivity index (χ2n) is 2.54. The molecule has 1 saturated carbocycles. The Morgan fingerprint density at radius 1 is 0.824 bits per heavy atom. The number of hydrogen-bond acceptors (Lipinski definition) is 0. The Kier molecular flexibility index (Phi) is 26.1. The largest absolute Gasteiger partial charge is 2.00 e. The summed E-state index contributed by atoms with van der Waals surface area (Å²) < 4.78 is 15.0. The number of benzene rings is 1. The molecule has 87 valence electrons. The molecule has 0 aromatic heterocycles. The van der Waals surface area contributed by atoms with Gasteiger partial charge in [0.15, 0.2) is 0 Å². The second-order valence-corrected chi connectivity index (χ2v) is 2.54. The standard InChI is InChI=1S/C7H7.C5H5.2CO.Fe/c1-7-5-3-2-4-6-7;1-2-4-5-3-1;2*1-2;/h3-6H,1H3;1-5H;;;/q-1;;;;+2.